The van der Waals surface area contributed by atoms with E-state index in [9.17, 15) is 8.42 Å². The molecule has 0 bridgehead atoms. The summed E-state index contributed by atoms with van der Waals surface area (Å²) < 4.78 is 32.2. The number of rotatable bonds is 5. The van der Waals surface area contributed by atoms with Crippen LogP contribution < -0.4 is 15.2 Å². The van der Waals surface area contributed by atoms with E-state index < -0.39 is 10.0 Å². The van der Waals surface area contributed by atoms with Crippen molar-refractivity contribution in [2.75, 3.05) is 12.8 Å². The molecule has 0 atom stereocenters. The second-order valence-corrected chi connectivity index (χ2v) is 6.77. The fourth-order valence-corrected chi connectivity index (χ4v) is 3.59. The second kappa shape index (κ2) is 5.78. The van der Waals surface area contributed by atoms with Crippen molar-refractivity contribution in [3.8, 4) is 5.75 Å². The second-order valence-electron chi connectivity index (χ2n) is 4.10. The van der Waals surface area contributed by atoms with Crippen LogP contribution in [0.4, 0.5) is 5.69 Å². The highest BCUT2D eigenvalue weighted by Crippen LogP contribution is 2.26. The van der Waals surface area contributed by atoms with Crippen molar-refractivity contribution in [1.29, 1.82) is 0 Å². The van der Waals surface area contributed by atoms with E-state index in [-0.39, 0.29) is 17.2 Å². The Bertz CT molecular complexity index is 710. The van der Waals surface area contributed by atoms with Crippen LogP contribution in [0.15, 0.2) is 28.6 Å². The number of nitrogens with one attached hydrogen (secondary N) is 1. The highest BCUT2D eigenvalue weighted by molar-refractivity contribution is 7.89. The molecular weight excluding hydrogens is 298 g/mol. The van der Waals surface area contributed by atoms with E-state index >= 15 is 0 Å². The first-order chi connectivity index (χ1) is 9.44. The first-order valence-electron chi connectivity index (χ1n) is 5.76. The molecule has 0 saturated carbocycles. The summed E-state index contributed by atoms with van der Waals surface area (Å²) in [6.07, 6.45) is 0. The largest absolute Gasteiger partial charge is 0.495 e. The summed E-state index contributed by atoms with van der Waals surface area (Å²) >= 11 is 1.41. The molecule has 1 heterocycles. The molecule has 0 unspecified atom stereocenters. The quantitative estimate of drug-likeness (QED) is 0.816. The Hall–Kier alpha value is -1.64. The number of aromatic nitrogens is 1. The molecule has 20 heavy (non-hydrogen) atoms. The Morgan fingerprint density at radius 1 is 1.45 bits per heavy atom. The van der Waals surface area contributed by atoms with E-state index in [4.69, 9.17) is 10.5 Å². The lowest BCUT2D eigenvalue weighted by atomic mass is 10.3. The third kappa shape index (κ3) is 3.09. The number of thiazole rings is 1. The standard InChI is InChI=1S/C12H15N3O3S2/c1-8-11(19-7-14-8)6-15-20(16,17)12-4-3-9(13)5-10(12)18-2/h3-5,7,15H,6,13H2,1-2H3. The average Bonchev–Trinajstić information content (AvgIpc) is 2.81. The molecule has 0 fully saturated rings. The normalized spacial score (nSPS) is 11.5. The van der Waals surface area contributed by atoms with Gasteiger partial charge in [-0.25, -0.2) is 18.1 Å². The Labute approximate surface area is 121 Å². The average molecular weight is 313 g/mol. The molecule has 2 aromatic rings. The molecular formula is C12H15N3O3S2. The summed E-state index contributed by atoms with van der Waals surface area (Å²) in [7, 11) is -2.26. The van der Waals surface area contributed by atoms with Crippen LogP contribution in [-0.2, 0) is 16.6 Å². The molecule has 0 radical (unpaired) electrons. The zero-order chi connectivity index (χ0) is 14.8. The predicted octanol–water partition coefficient (Wildman–Crippen LogP) is 1.52. The summed E-state index contributed by atoms with van der Waals surface area (Å²) in [5.41, 5.74) is 8.56. The van der Waals surface area contributed by atoms with Crippen molar-refractivity contribution < 1.29 is 13.2 Å². The van der Waals surface area contributed by atoms with Crippen LogP contribution in [0.2, 0.25) is 0 Å². The highest BCUT2D eigenvalue weighted by Gasteiger charge is 2.19. The number of hydrogen-bond donors (Lipinski definition) is 2. The smallest absolute Gasteiger partial charge is 0.244 e. The van der Waals surface area contributed by atoms with E-state index in [1.54, 1.807) is 5.51 Å². The molecule has 0 aliphatic rings. The van der Waals surface area contributed by atoms with Gasteiger partial charge in [0.2, 0.25) is 10.0 Å². The Morgan fingerprint density at radius 2 is 2.20 bits per heavy atom. The van der Waals surface area contributed by atoms with Gasteiger partial charge in [-0.05, 0) is 19.1 Å². The van der Waals surface area contributed by atoms with Gasteiger partial charge in [-0.1, -0.05) is 0 Å². The molecule has 108 valence electrons. The SMILES string of the molecule is COc1cc(N)ccc1S(=O)(=O)NCc1scnc1C. The van der Waals surface area contributed by atoms with Crippen molar-refractivity contribution in [2.45, 2.75) is 18.4 Å². The van der Waals surface area contributed by atoms with Crippen LogP contribution in [0.1, 0.15) is 10.6 Å². The van der Waals surface area contributed by atoms with Crippen molar-refractivity contribution >= 4 is 27.0 Å². The van der Waals surface area contributed by atoms with Gasteiger partial charge in [-0.2, -0.15) is 0 Å². The van der Waals surface area contributed by atoms with Gasteiger partial charge >= 0.3 is 0 Å². The molecule has 6 nitrogen and oxygen atoms in total. The first kappa shape index (κ1) is 14.8. The molecule has 0 spiro atoms. The van der Waals surface area contributed by atoms with Crippen LogP contribution in [0.3, 0.4) is 0 Å². The number of benzene rings is 1. The zero-order valence-electron chi connectivity index (χ0n) is 11.1. The minimum atomic E-state index is -3.66. The van der Waals surface area contributed by atoms with Crippen LogP contribution in [-0.4, -0.2) is 20.5 Å². The number of aryl methyl sites for hydroxylation is 1. The summed E-state index contributed by atoms with van der Waals surface area (Å²) in [5, 5.41) is 0. The maximum atomic E-state index is 12.3. The van der Waals surface area contributed by atoms with Crippen molar-refractivity contribution in [3.63, 3.8) is 0 Å². The van der Waals surface area contributed by atoms with Crippen LogP contribution in [0.5, 0.6) is 5.75 Å². The van der Waals surface area contributed by atoms with Crippen molar-refractivity contribution in [2.24, 2.45) is 0 Å². The number of nitrogens with two attached hydrogens (primary N) is 1. The summed E-state index contributed by atoms with van der Waals surface area (Å²) in [5.74, 6) is 0.221. The topological polar surface area (TPSA) is 94.3 Å². The lowest BCUT2D eigenvalue weighted by Crippen LogP contribution is -2.23. The van der Waals surface area contributed by atoms with Gasteiger partial charge in [-0.3, -0.25) is 0 Å². The van der Waals surface area contributed by atoms with Gasteiger partial charge in [0.25, 0.3) is 0 Å². The van der Waals surface area contributed by atoms with Crippen LogP contribution in [0, 0.1) is 6.92 Å². The fraction of sp³-hybridized carbons (Fsp3) is 0.250. The minimum Gasteiger partial charge on any atom is -0.495 e. The Balaban J connectivity index is 2.25. The van der Waals surface area contributed by atoms with E-state index in [1.165, 1.54) is 36.6 Å². The molecule has 0 aliphatic heterocycles. The van der Waals surface area contributed by atoms with E-state index in [2.05, 4.69) is 9.71 Å². The summed E-state index contributed by atoms with van der Waals surface area (Å²) in [4.78, 5) is 5.02. The molecule has 2 rings (SSSR count). The van der Waals surface area contributed by atoms with Gasteiger partial charge < -0.3 is 10.5 Å². The maximum Gasteiger partial charge on any atom is 0.244 e. The molecule has 3 N–H and O–H groups in total. The predicted molar refractivity (Wildman–Crippen MR) is 78.3 cm³/mol. The number of nitrogens with zero attached hydrogens (tertiary/aromatic N) is 1. The monoisotopic (exact) mass is 313 g/mol. The number of sulfonamides is 1. The molecule has 1 aromatic heterocycles. The van der Waals surface area contributed by atoms with Gasteiger partial charge in [0.05, 0.1) is 18.3 Å². The van der Waals surface area contributed by atoms with Crippen LogP contribution in [0.25, 0.3) is 0 Å². The molecule has 0 amide bonds. The maximum absolute atomic E-state index is 12.3. The summed E-state index contributed by atoms with van der Waals surface area (Å²) in [6.45, 7) is 2.04. The molecule has 0 aliphatic carbocycles. The summed E-state index contributed by atoms with van der Waals surface area (Å²) in [6, 6.07) is 4.43. The number of hydrogen-bond acceptors (Lipinski definition) is 6. The van der Waals surface area contributed by atoms with Crippen molar-refractivity contribution in [3.05, 3.63) is 34.3 Å². The van der Waals surface area contributed by atoms with E-state index in [0.717, 1.165) is 10.6 Å². The van der Waals surface area contributed by atoms with Gasteiger partial charge in [-0.15, -0.1) is 11.3 Å². The third-order valence-corrected chi connectivity index (χ3v) is 5.12. The number of nitrogen functional groups attached to an aromatic ring is 1. The van der Waals surface area contributed by atoms with E-state index in [1.807, 2.05) is 6.92 Å². The lowest BCUT2D eigenvalue weighted by Gasteiger charge is -2.11. The van der Waals surface area contributed by atoms with Gasteiger partial charge in [0.15, 0.2) is 0 Å². The van der Waals surface area contributed by atoms with Gasteiger partial charge in [0, 0.05) is 23.2 Å². The fourth-order valence-electron chi connectivity index (χ4n) is 1.64. The Kier molecular flexibility index (Phi) is 4.26. The van der Waals surface area contributed by atoms with Gasteiger partial charge in [0.1, 0.15) is 10.6 Å². The van der Waals surface area contributed by atoms with E-state index in [0.29, 0.717) is 5.69 Å². The number of methoxy groups -OCH3 is 1. The molecule has 8 heteroatoms. The first-order valence-corrected chi connectivity index (χ1v) is 8.12. The third-order valence-electron chi connectivity index (χ3n) is 2.74. The number of ether oxygens (including phenoxy) is 1. The van der Waals surface area contributed by atoms with Crippen LogP contribution >= 0.6 is 11.3 Å². The van der Waals surface area contributed by atoms with Crippen molar-refractivity contribution in [1.82, 2.24) is 9.71 Å². The molecule has 0 saturated heterocycles. The number of anilines is 1. The molecule has 1 aromatic carbocycles. The Morgan fingerprint density at radius 3 is 2.80 bits per heavy atom. The lowest BCUT2D eigenvalue weighted by molar-refractivity contribution is 0.402. The highest BCUT2D eigenvalue weighted by atomic mass is 32.2. The minimum absolute atomic E-state index is 0.0661. The zero-order valence-corrected chi connectivity index (χ0v) is 12.7.